The fourth-order valence-electron chi connectivity index (χ4n) is 1.77. The molecule has 0 aliphatic heterocycles. The van der Waals surface area contributed by atoms with Crippen LogP contribution < -0.4 is 4.74 Å². The maximum atomic E-state index is 11.9. The number of nitrogens with zero attached hydrogens (tertiary/aromatic N) is 3. The Morgan fingerprint density at radius 1 is 1.48 bits per heavy atom. The fraction of sp³-hybridized carbons (Fsp3) is 0.714. The second-order valence-electron chi connectivity index (χ2n) is 6.12. The zero-order chi connectivity index (χ0) is 16.4. The second-order valence-corrected chi connectivity index (χ2v) is 6.91. The lowest BCUT2D eigenvalue weighted by molar-refractivity contribution is 0.0233. The fourth-order valence-corrected chi connectivity index (χ4v) is 2.20. The van der Waals surface area contributed by atoms with Crippen LogP contribution in [0.4, 0.5) is 4.79 Å². The van der Waals surface area contributed by atoms with Gasteiger partial charge < -0.3 is 14.4 Å². The monoisotopic (exact) mass is 361 g/mol. The summed E-state index contributed by atoms with van der Waals surface area (Å²) in [6.45, 7) is 9.74. The highest BCUT2D eigenvalue weighted by Crippen LogP contribution is 2.28. The van der Waals surface area contributed by atoms with Gasteiger partial charge in [-0.3, -0.25) is 0 Å². The largest absolute Gasteiger partial charge is 0.472 e. The van der Waals surface area contributed by atoms with Gasteiger partial charge in [-0.2, -0.15) is 5.10 Å². The van der Waals surface area contributed by atoms with Crippen molar-refractivity contribution < 1.29 is 14.3 Å². The number of likely N-dealkylation sites (N-methyl/N-ethyl adjacent to an activating group) is 1. The van der Waals surface area contributed by atoms with E-state index >= 15 is 0 Å². The molecule has 0 N–H and O–H groups in total. The first-order valence-corrected chi connectivity index (χ1v) is 7.60. The highest BCUT2D eigenvalue weighted by Gasteiger charge is 2.22. The van der Waals surface area contributed by atoms with Gasteiger partial charge in [-0.1, -0.05) is 0 Å². The minimum atomic E-state index is -0.502. The van der Waals surface area contributed by atoms with Crippen molar-refractivity contribution in [2.75, 3.05) is 13.6 Å². The van der Waals surface area contributed by atoms with Crippen LogP contribution in [0, 0.1) is 6.92 Å². The molecule has 1 heterocycles. The summed E-state index contributed by atoms with van der Waals surface area (Å²) in [4.78, 5) is 13.4. The van der Waals surface area contributed by atoms with Gasteiger partial charge >= 0.3 is 6.09 Å². The Labute approximate surface area is 134 Å². The van der Waals surface area contributed by atoms with E-state index in [1.807, 2.05) is 41.7 Å². The maximum Gasteiger partial charge on any atom is 0.410 e. The third-order valence-corrected chi connectivity index (χ3v) is 3.56. The molecule has 0 saturated heterocycles. The number of carbonyl (C=O) groups excluding carboxylic acids is 1. The lowest BCUT2D eigenvalue weighted by Gasteiger charge is -2.26. The molecule has 120 valence electrons. The molecule has 1 aromatic rings. The first kappa shape index (κ1) is 17.8. The summed E-state index contributed by atoms with van der Waals surface area (Å²) in [5, 5.41) is 4.27. The van der Waals surface area contributed by atoms with Crippen LogP contribution in [0.1, 0.15) is 33.4 Å². The SMILES string of the molecule is Cc1nn(C)c(O[C@@H](C)CN(C)C(=O)OC(C)(C)C)c1Br. The Balaban J connectivity index is 2.61. The average molecular weight is 362 g/mol. The van der Waals surface area contributed by atoms with Gasteiger partial charge in [0.25, 0.3) is 0 Å². The van der Waals surface area contributed by atoms with Crippen LogP contribution in [0.15, 0.2) is 4.47 Å². The lowest BCUT2D eigenvalue weighted by Crippen LogP contribution is -2.39. The van der Waals surface area contributed by atoms with E-state index in [4.69, 9.17) is 9.47 Å². The van der Waals surface area contributed by atoms with Gasteiger partial charge in [0, 0.05) is 14.1 Å². The molecule has 1 aromatic heterocycles. The Kier molecular flexibility index (Phi) is 5.67. The lowest BCUT2D eigenvalue weighted by atomic mass is 10.2. The Morgan fingerprint density at radius 3 is 2.48 bits per heavy atom. The van der Waals surface area contributed by atoms with E-state index < -0.39 is 5.60 Å². The Bertz CT molecular complexity index is 508. The molecule has 0 spiro atoms. The van der Waals surface area contributed by atoms with E-state index in [1.54, 1.807) is 11.7 Å². The number of aryl methyl sites for hydroxylation is 2. The number of aromatic nitrogens is 2. The number of rotatable bonds is 4. The Hall–Kier alpha value is -1.24. The van der Waals surface area contributed by atoms with Gasteiger partial charge in [0.15, 0.2) is 0 Å². The van der Waals surface area contributed by atoms with Gasteiger partial charge in [-0.05, 0) is 50.5 Å². The number of hydrogen-bond donors (Lipinski definition) is 0. The summed E-state index contributed by atoms with van der Waals surface area (Å²) in [7, 11) is 3.51. The van der Waals surface area contributed by atoms with Gasteiger partial charge in [0.05, 0.1) is 12.2 Å². The summed E-state index contributed by atoms with van der Waals surface area (Å²) in [5.74, 6) is 0.651. The number of amides is 1. The summed E-state index contributed by atoms with van der Waals surface area (Å²) in [6, 6.07) is 0. The molecule has 1 amide bonds. The summed E-state index contributed by atoms with van der Waals surface area (Å²) in [6.07, 6.45) is -0.549. The molecule has 1 rings (SSSR count). The van der Waals surface area contributed by atoms with E-state index in [9.17, 15) is 4.79 Å². The average Bonchev–Trinajstić information content (AvgIpc) is 2.53. The predicted octanol–water partition coefficient (Wildman–Crippen LogP) is 3.13. The van der Waals surface area contributed by atoms with Gasteiger partial charge in [0.1, 0.15) is 16.2 Å². The molecule has 7 heteroatoms. The van der Waals surface area contributed by atoms with Crippen molar-refractivity contribution in [3.8, 4) is 5.88 Å². The van der Waals surface area contributed by atoms with Crippen molar-refractivity contribution in [1.82, 2.24) is 14.7 Å². The highest BCUT2D eigenvalue weighted by atomic mass is 79.9. The third kappa shape index (κ3) is 5.22. The second kappa shape index (κ2) is 6.68. The standard InChI is InChI=1S/C14H24BrN3O3/c1-9(8-17(6)13(19)21-14(3,4)5)20-12-11(15)10(2)16-18(12)7/h9H,8H2,1-7H3/t9-/m0/s1. The van der Waals surface area contributed by atoms with Crippen molar-refractivity contribution in [2.45, 2.75) is 46.3 Å². The zero-order valence-corrected chi connectivity index (χ0v) is 15.3. The van der Waals surface area contributed by atoms with Crippen LogP contribution >= 0.6 is 15.9 Å². The maximum absolute atomic E-state index is 11.9. The third-order valence-electron chi connectivity index (χ3n) is 2.65. The molecule has 1 atom stereocenters. The van der Waals surface area contributed by atoms with E-state index in [-0.39, 0.29) is 12.2 Å². The number of carbonyl (C=O) groups is 1. The number of hydrogen-bond acceptors (Lipinski definition) is 4. The van der Waals surface area contributed by atoms with Gasteiger partial charge in [-0.25, -0.2) is 9.48 Å². The summed E-state index contributed by atoms with van der Waals surface area (Å²) >= 11 is 3.45. The predicted molar refractivity (Wildman–Crippen MR) is 84.6 cm³/mol. The molecule has 0 fully saturated rings. The zero-order valence-electron chi connectivity index (χ0n) is 13.7. The number of ether oxygens (including phenoxy) is 2. The smallest absolute Gasteiger partial charge is 0.410 e. The van der Waals surface area contributed by atoms with E-state index in [0.717, 1.165) is 10.2 Å². The van der Waals surface area contributed by atoms with Crippen LogP contribution in [0.25, 0.3) is 0 Å². The van der Waals surface area contributed by atoms with Crippen molar-refractivity contribution in [3.05, 3.63) is 10.2 Å². The van der Waals surface area contributed by atoms with Crippen LogP contribution in [-0.2, 0) is 11.8 Å². The molecular weight excluding hydrogens is 338 g/mol. The van der Waals surface area contributed by atoms with Crippen LogP contribution in [0.5, 0.6) is 5.88 Å². The minimum absolute atomic E-state index is 0.186. The minimum Gasteiger partial charge on any atom is -0.472 e. The van der Waals surface area contributed by atoms with E-state index in [0.29, 0.717) is 12.4 Å². The van der Waals surface area contributed by atoms with Crippen LogP contribution in [-0.4, -0.2) is 46.1 Å². The molecule has 0 unspecified atom stereocenters. The molecule has 0 aliphatic rings. The molecule has 0 bridgehead atoms. The first-order chi connectivity index (χ1) is 9.51. The summed E-state index contributed by atoms with van der Waals surface area (Å²) in [5.41, 5.74) is 0.359. The molecule has 21 heavy (non-hydrogen) atoms. The number of halogens is 1. The highest BCUT2D eigenvalue weighted by molar-refractivity contribution is 9.10. The van der Waals surface area contributed by atoms with Crippen molar-refractivity contribution in [3.63, 3.8) is 0 Å². The molecular formula is C14H24BrN3O3. The van der Waals surface area contributed by atoms with Gasteiger partial charge in [-0.15, -0.1) is 0 Å². The Morgan fingerprint density at radius 2 is 2.05 bits per heavy atom. The van der Waals surface area contributed by atoms with Crippen molar-refractivity contribution >= 4 is 22.0 Å². The van der Waals surface area contributed by atoms with Crippen molar-refractivity contribution in [1.29, 1.82) is 0 Å². The first-order valence-electron chi connectivity index (χ1n) is 6.81. The van der Waals surface area contributed by atoms with E-state index in [2.05, 4.69) is 21.0 Å². The normalized spacial score (nSPS) is 13.0. The molecule has 0 aliphatic carbocycles. The van der Waals surface area contributed by atoms with Crippen LogP contribution in [0.2, 0.25) is 0 Å². The summed E-state index contributed by atoms with van der Waals surface area (Å²) < 4.78 is 13.7. The van der Waals surface area contributed by atoms with Crippen LogP contribution in [0.3, 0.4) is 0 Å². The topological polar surface area (TPSA) is 56.6 Å². The molecule has 0 radical (unpaired) electrons. The van der Waals surface area contributed by atoms with Crippen molar-refractivity contribution in [2.24, 2.45) is 7.05 Å². The molecule has 0 saturated carbocycles. The quantitative estimate of drug-likeness (QED) is 0.826. The van der Waals surface area contributed by atoms with Gasteiger partial charge in [0.2, 0.25) is 5.88 Å². The molecule has 0 aromatic carbocycles. The molecule has 6 nitrogen and oxygen atoms in total. The van der Waals surface area contributed by atoms with E-state index in [1.165, 1.54) is 4.90 Å².